The highest BCUT2D eigenvalue weighted by atomic mass is 15.4. The van der Waals surface area contributed by atoms with Crippen LogP contribution in [0.4, 0.5) is 0 Å². The quantitative estimate of drug-likeness (QED) is 0.0591. The molecule has 2 heteroatoms. The van der Waals surface area contributed by atoms with Crippen molar-refractivity contribution in [2.24, 2.45) is 0 Å². The van der Waals surface area contributed by atoms with Crippen molar-refractivity contribution in [2.45, 2.75) is 277 Å². The lowest BCUT2D eigenvalue weighted by Gasteiger charge is -2.33. The zero-order chi connectivity index (χ0) is 35.1. The van der Waals surface area contributed by atoms with Crippen LogP contribution < -0.4 is 0 Å². The third kappa shape index (κ3) is 30.7. The average Bonchev–Trinajstić information content (AvgIpc) is 3.50. The van der Waals surface area contributed by atoms with Crippen LogP contribution in [0, 0.1) is 0 Å². The van der Waals surface area contributed by atoms with Gasteiger partial charge in [0.05, 0.1) is 0 Å². The molecule has 1 unspecified atom stereocenters. The summed E-state index contributed by atoms with van der Waals surface area (Å²) in [5.74, 6) is 0. The summed E-state index contributed by atoms with van der Waals surface area (Å²) in [6.07, 6.45) is 61.9. The van der Waals surface area contributed by atoms with E-state index in [4.69, 9.17) is 0 Å². The second-order valence-corrected chi connectivity index (χ2v) is 16.4. The maximum absolute atomic E-state index is 2.73. The fourth-order valence-corrected chi connectivity index (χ4v) is 8.13. The molecule has 1 heterocycles. The normalized spacial score (nSPS) is 14.6. The monoisotopic (exact) mass is 687 g/mol. The molecule has 1 atom stereocenters. The number of nitrogens with zero attached hydrogens (tertiary/aromatic N) is 2. The fourth-order valence-electron chi connectivity index (χ4n) is 8.13. The largest absolute Gasteiger partial charge is 0.356 e. The van der Waals surface area contributed by atoms with Gasteiger partial charge in [0.25, 0.3) is 0 Å². The Morgan fingerprint density at radius 3 is 0.714 bits per heavy atom. The Morgan fingerprint density at radius 2 is 0.469 bits per heavy atom. The lowest BCUT2D eigenvalue weighted by molar-refractivity contribution is 0.135. The SMILES string of the molecule is CCCCCCCCCCCCCCCCCCCN1C=CN(CCCCCCCCCC)C1CCCCCCCCCCCCCCC. The van der Waals surface area contributed by atoms with Gasteiger partial charge in [0.2, 0.25) is 0 Å². The van der Waals surface area contributed by atoms with Gasteiger partial charge in [-0.1, -0.05) is 245 Å². The van der Waals surface area contributed by atoms with Gasteiger partial charge in [0.1, 0.15) is 6.17 Å². The van der Waals surface area contributed by atoms with E-state index in [0.717, 1.165) is 0 Å². The van der Waals surface area contributed by atoms with Crippen molar-refractivity contribution in [3.05, 3.63) is 12.4 Å². The van der Waals surface area contributed by atoms with Gasteiger partial charge in [0, 0.05) is 25.5 Å². The highest BCUT2D eigenvalue weighted by Gasteiger charge is 2.24. The Morgan fingerprint density at radius 1 is 0.265 bits per heavy atom. The zero-order valence-electron chi connectivity index (χ0n) is 34.6. The Balaban J connectivity index is 2.15. The van der Waals surface area contributed by atoms with Crippen molar-refractivity contribution in [3.63, 3.8) is 0 Å². The maximum atomic E-state index is 2.73. The molecule has 0 spiro atoms. The minimum absolute atomic E-state index is 0.637. The van der Waals surface area contributed by atoms with E-state index in [1.807, 2.05) is 0 Å². The van der Waals surface area contributed by atoms with Crippen molar-refractivity contribution in [3.8, 4) is 0 Å². The standard InChI is InChI=1S/C47H94N2/c1-4-7-10-13-16-19-21-23-24-25-26-28-30-32-35-38-41-44-49-46-45-48(43-40-37-34-18-15-12-9-6-3)47(49)42-39-36-33-31-29-27-22-20-17-14-11-8-5-2/h45-47H,4-44H2,1-3H3. The Kier molecular flexibility index (Phi) is 36.5. The van der Waals surface area contributed by atoms with Gasteiger partial charge in [-0.3, -0.25) is 0 Å². The van der Waals surface area contributed by atoms with Crippen molar-refractivity contribution < 1.29 is 0 Å². The Bertz CT molecular complexity index is 644. The molecule has 0 N–H and O–H groups in total. The molecule has 0 aromatic heterocycles. The van der Waals surface area contributed by atoms with Gasteiger partial charge >= 0.3 is 0 Å². The summed E-state index contributed by atoms with van der Waals surface area (Å²) in [4.78, 5) is 5.46. The first kappa shape index (κ1) is 46.4. The van der Waals surface area contributed by atoms with E-state index in [9.17, 15) is 0 Å². The van der Waals surface area contributed by atoms with Gasteiger partial charge in [-0.05, 0) is 25.7 Å². The molecule has 0 saturated carbocycles. The van der Waals surface area contributed by atoms with Crippen LogP contribution in [0.25, 0.3) is 0 Å². The first-order valence-corrected chi connectivity index (χ1v) is 23.5. The van der Waals surface area contributed by atoms with Gasteiger partial charge in [-0.25, -0.2) is 0 Å². The molecule has 0 saturated heterocycles. The molecule has 0 aromatic rings. The summed E-state index contributed by atoms with van der Waals surface area (Å²) in [5.41, 5.74) is 0. The summed E-state index contributed by atoms with van der Waals surface area (Å²) in [5, 5.41) is 0. The van der Waals surface area contributed by atoms with Crippen molar-refractivity contribution in [1.82, 2.24) is 9.80 Å². The Labute approximate surface area is 311 Å². The predicted molar refractivity (Wildman–Crippen MR) is 223 cm³/mol. The molecular weight excluding hydrogens is 593 g/mol. The molecule has 0 fully saturated rings. The molecule has 2 nitrogen and oxygen atoms in total. The van der Waals surface area contributed by atoms with Crippen LogP contribution in [0.2, 0.25) is 0 Å². The zero-order valence-corrected chi connectivity index (χ0v) is 34.6. The summed E-state index contributed by atoms with van der Waals surface area (Å²) < 4.78 is 0. The van der Waals surface area contributed by atoms with Crippen LogP contribution >= 0.6 is 0 Å². The summed E-state index contributed by atoms with van der Waals surface area (Å²) in [7, 11) is 0. The molecule has 0 aromatic carbocycles. The van der Waals surface area contributed by atoms with Crippen LogP contribution in [0.15, 0.2) is 12.4 Å². The molecule has 1 aliphatic rings. The van der Waals surface area contributed by atoms with E-state index >= 15 is 0 Å². The number of hydrogen-bond donors (Lipinski definition) is 0. The minimum Gasteiger partial charge on any atom is -0.356 e. The summed E-state index contributed by atoms with van der Waals surface area (Å²) >= 11 is 0. The van der Waals surface area contributed by atoms with Gasteiger partial charge < -0.3 is 9.80 Å². The second kappa shape index (κ2) is 38.6. The maximum Gasteiger partial charge on any atom is 0.101 e. The van der Waals surface area contributed by atoms with Gasteiger partial charge in [-0.2, -0.15) is 0 Å². The van der Waals surface area contributed by atoms with E-state index in [1.165, 1.54) is 264 Å². The third-order valence-electron chi connectivity index (χ3n) is 11.6. The van der Waals surface area contributed by atoms with Crippen molar-refractivity contribution in [1.29, 1.82) is 0 Å². The van der Waals surface area contributed by atoms with Crippen molar-refractivity contribution >= 4 is 0 Å². The first-order chi connectivity index (χ1) is 24.3. The second-order valence-electron chi connectivity index (χ2n) is 16.4. The molecule has 1 aliphatic heterocycles. The topological polar surface area (TPSA) is 6.48 Å². The first-order valence-electron chi connectivity index (χ1n) is 23.5. The van der Waals surface area contributed by atoms with Crippen LogP contribution in [0.5, 0.6) is 0 Å². The van der Waals surface area contributed by atoms with Crippen LogP contribution in [-0.2, 0) is 0 Å². The van der Waals surface area contributed by atoms with E-state index in [1.54, 1.807) is 0 Å². The van der Waals surface area contributed by atoms with Gasteiger partial charge in [-0.15, -0.1) is 0 Å². The van der Waals surface area contributed by atoms with Crippen molar-refractivity contribution in [2.75, 3.05) is 13.1 Å². The Hall–Kier alpha value is -0.660. The van der Waals surface area contributed by atoms with Crippen LogP contribution in [-0.4, -0.2) is 29.1 Å². The molecule has 0 radical (unpaired) electrons. The molecule has 0 bridgehead atoms. The molecule has 0 amide bonds. The fraction of sp³-hybridized carbons (Fsp3) is 0.957. The average molecular weight is 687 g/mol. The molecular formula is C47H94N2. The van der Waals surface area contributed by atoms with E-state index in [0.29, 0.717) is 6.17 Å². The molecule has 0 aliphatic carbocycles. The van der Waals surface area contributed by atoms with E-state index in [-0.39, 0.29) is 0 Å². The van der Waals surface area contributed by atoms with E-state index < -0.39 is 0 Å². The predicted octanol–water partition coefficient (Wildman–Crippen LogP) is 16.7. The smallest absolute Gasteiger partial charge is 0.101 e. The molecule has 292 valence electrons. The van der Waals surface area contributed by atoms with Crippen LogP contribution in [0.1, 0.15) is 271 Å². The lowest BCUT2D eigenvalue weighted by Crippen LogP contribution is -2.39. The van der Waals surface area contributed by atoms with Crippen LogP contribution in [0.3, 0.4) is 0 Å². The third-order valence-corrected chi connectivity index (χ3v) is 11.6. The molecule has 49 heavy (non-hydrogen) atoms. The van der Waals surface area contributed by atoms with E-state index in [2.05, 4.69) is 43.0 Å². The lowest BCUT2D eigenvalue weighted by atomic mass is 10.0. The summed E-state index contributed by atoms with van der Waals surface area (Å²) in [6.45, 7) is 9.49. The highest BCUT2D eigenvalue weighted by molar-refractivity contribution is 4.97. The highest BCUT2D eigenvalue weighted by Crippen LogP contribution is 2.24. The molecule has 1 rings (SSSR count). The number of rotatable bonds is 41. The minimum atomic E-state index is 0.637. The number of unbranched alkanes of at least 4 members (excludes halogenated alkanes) is 35. The summed E-state index contributed by atoms with van der Waals surface area (Å²) in [6, 6.07) is 0. The number of hydrogen-bond acceptors (Lipinski definition) is 2. The van der Waals surface area contributed by atoms with Gasteiger partial charge in [0.15, 0.2) is 0 Å².